The van der Waals surface area contributed by atoms with Crippen LogP contribution >= 0.6 is 23.4 Å². The lowest BCUT2D eigenvalue weighted by molar-refractivity contribution is 0.102. The summed E-state index contributed by atoms with van der Waals surface area (Å²) in [6.07, 6.45) is 3.65. The molecule has 0 spiro atoms. The molecule has 0 fully saturated rings. The second-order valence-corrected chi connectivity index (χ2v) is 7.33. The van der Waals surface area contributed by atoms with Crippen molar-refractivity contribution in [1.29, 1.82) is 0 Å². The van der Waals surface area contributed by atoms with Gasteiger partial charge in [-0.05, 0) is 49.9 Å². The van der Waals surface area contributed by atoms with Crippen molar-refractivity contribution in [3.63, 3.8) is 0 Å². The van der Waals surface area contributed by atoms with Gasteiger partial charge in [0.1, 0.15) is 0 Å². The number of hydrogen-bond acceptors (Lipinski definition) is 5. The molecular weight excluding hydrogens is 360 g/mol. The number of aromatic amines is 1. The summed E-state index contributed by atoms with van der Waals surface area (Å²) in [5, 5.41) is 9.45. The highest BCUT2D eigenvalue weighted by atomic mass is 35.5. The molecule has 1 aromatic carbocycles. The first-order valence-electron chi connectivity index (χ1n) is 8.04. The summed E-state index contributed by atoms with van der Waals surface area (Å²) >= 11 is 7.18. The number of H-pyrrole nitrogens is 1. The number of benzene rings is 1. The van der Waals surface area contributed by atoms with Crippen molar-refractivity contribution in [3.05, 3.63) is 56.5 Å². The van der Waals surface area contributed by atoms with Crippen molar-refractivity contribution in [1.82, 2.24) is 19.6 Å². The largest absolute Gasteiger partial charge is 0.293 e. The molecule has 1 aliphatic rings. The molecule has 8 heteroatoms. The maximum Gasteiger partial charge on any atom is 0.255 e. The van der Waals surface area contributed by atoms with E-state index >= 15 is 0 Å². The number of thioether (sulfide) groups is 1. The van der Waals surface area contributed by atoms with Crippen molar-refractivity contribution in [2.45, 2.75) is 30.8 Å². The van der Waals surface area contributed by atoms with Gasteiger partial charge in [0.2, 0.25) is 5.78 Å². The fourth-order valence-corrected chi connectivity index (χ4v) is 4.07. The van der Waals surface area contributed by atoms with Gasteiger partial charge in [0.15, 0.2) is 10.9 Å². The quantitative estimate of drug-likeness (QED) is 0.561. The maximum atomic E-state index is 12.4. The fourth-order valence-electron chi connectivity index (χ4n) is 3.09. The molecule has 6 nitrogen and oxygen atoms in total. The van der Waals surface area contributed by atoms with Crippen LogP contribution in [0.15, 0.2) is 34.2 Å². The molecule has 3 aromatic rings. The zero-order chi connectivity index (χ0) is 17.4. The zero-order valence-electron chi connectivity index (χ0n) is 13.3. The second-order valence-electron chi connectivity index (χ2n) is 5.95. The number of carbonyl (C=O) groups excluding carboxylic acids is 1. The van der Waals surface area contributed by atoms with Crippen molar-refractivity contribution in [3.8, 4) is 0 Å². The number of Topliss-reactive ketones (excluding diaryl/α,β-unsaturated/α-hetero) is 1. The van der Waals surface area contributed by atoms with Gasteiger partial charge >= 0.3 is 0 Å². The summed E-state index contributed by atoms with van der Waals surface area (Å²) in [6, 6.07) is 6.83. The molecule has 2 aromatic heterocycles. The predicted octanol–water partition coefficient (Wildman–Crippen LogP) is 2.92. The zero-order valence-corrected chi connectivity index (χ0v) is 14.9. The molecule has 0 bridgehead atoms. The molecule has 0 unspecified atom stereocenters. The van der Waals surface area contributed by atoms with E-state index < -0.39 is 0 Å². The summed E-state index contributed by atoms with van der Waals surface area (Å²) in [7, 11) is 0. The molecule has 0 radical (unpaired) electrons. The van der Waals surface area contributed by atoms with Crippen molar-refractivity contribution < 1.29 is 4.79 Å². The number of aryl methyl sites for hydroxylation is 1. The fraction of sp³-hybridized carbons (Fsp3) is 0.294. The van der Waals surface area contributed by atoms with Gasteiger partial charge in [-0.2, -0.15) is 0 Å². The average Bonchev–Trinajstić information content (AvgIpc) is 3.03. The normalized spacial score (nSPS) is 13.8. The van der Waals surface area contributed by atoms with Gasteiger partial charge in [-0.1, -0.05) is 23.4 Å². The molecule has 4 rings (SSSR count). The van der Waals surface area contributed by atoms with Crippen LogP contribution in [0.25, 0.3) is 5.78 Å². The first-order chi connectivity index (χ1) is 12.1. The van der Waals surface area contributed by atoms with Gasteiger partial charge in [-0.3, -0.25) is 19.0 Å². The topological polar surface area (TPSA) is 80.1 Å². The Kier molecular flexibility index (Phi) is 4.35. The van der Waals surface area contributed by atoms with Gasteiger partial charge in [0.05, 0.1) is 5.75 Å². The lowest BCUT2D eigenvalue weighted by Crippen LogP contribution is -2.23. The number of halogens is 1. The van der Waals surface area contributed by atoms with Crippen molar-refractivity contribution in [2.75, 3.05) is 5.75 Å². The molecular formula is C17H15ClN4O2S. The van der Waals surface area contributed by atoms with Crippen LogP contribution in [-0.2, 0) is 12.8 Å². The van der Waals surface area contributed by atoms with Crippen LogP contribution in [0.1, 0.15) is 34.5 Å². The van der Waals surface area contributed by atoms with Gasteiger partial charge in [-0.25, -0.2) is 0 Å². The number of nitrogens with zero attached hydrogens (tertiary/aromatic N) is 3. The standard InChI is InChI=1S/C17H15ClN4O2S/c18-11-7-5-10(6-8-11)14(23)9-25-17-21-20-16-19-15(24)12-3-1-2-4-13(12)22(16)17/h5-8H,1-4,9H2,(H,19,20,24). The van der Waals surface area contributed by atoms with Gasteiger partial charge < -0.3 is 0 Å². The lowest BCUT2D eigenvalue weighted by Gasteiger charge is -2.16. The Hall–Kier alpha value is -2.12. The number of carbonyl (C=O) groups is 1. The first-order valence-corrected chi connectivity index (χ1v) is 9.40. The minimum Gasteiger partial charge on any atom is -0.293 e. The van der Waals surface area contributed by atoms with Crippen LogP contribution in [0.2, 0.25) is 5.02 Å². The number of aromatic nitrogens is 4. The molecule has 0 saturated heterocycles. The highest BCUT2D eigenvalue weighted by Crippen LogP contribution is 2.24. The van der Waals surface area contributed by atoms with E-state index in [0.717, 1.165) is 36.9 Å². The Morgan fingerprint density at radius 3 is 2.76 bits per heavy atom. The van der Waals surface area contributed by atoms with E-state index in [1.54, 1.807) is 24.3 Å². The van der Waals surface area contributed by atoms with E-state index in [1.807, 2.05) is 4.40 Å². The van der Waals surface area contributed by atoms with Crippen molar-refractivity contribution in [2.24, 2.45) is 0 Å². The van der Waals surface area contributed by atoms with Crippen LogP contribution in [0.4, 0.5) is 0 Å². The van der Waals surface area contributed by atoms with Gasteiger partial charge in [0.25, 0.3) is 5.56 Å². The summed E-state index contributed by atoms with van der Waals surface area (Å²) in [5.74, 6) is 0.680. The van der Waals surface area contributed by atoms with E-state index in [9.17, 15) is 9.59 Å². The Morgan fingerprint density at radius 1 is 1.20 bits per heavy atom. The minimum atomic E-state index is -0.0802. The third-order valence-corrected chi connectivity index (χ3v) is 5.52. The highest BCUT2D eigenvalue weighted by molar-refractivity contribution is 7.99. The summed E-state index contributed by atoms with van der Waals surface area (Å²) in [6.45, 7) is 0. The van der Waals surface area contributed by atoms with E-state index in [1.165, 1.54) is 11.8 Å². The van der Waals surface area contributed by atoms with E-state index in [0.29, 0.717) is 21.5 Å². The number of nitrogens with one attached hydrogen (secondary N) is 1. The molecule has 25 heavy (non-hydrogen) atoms. The Balaban J connectivity index is 1.63. The molecule has 1 aliphatic carbocycles. The molecule has 0 saturated carbocycles. The summed E-state index contributed by atoms with van der Waals surface area (Å²) in [5.41, 5.74) is 2.31. The molecule has 2 heterocycles. The second kappa shape index (κ2) is 6.65. The molecule has 0 atom stereocenters. The number of ketones is 1. The SMILES string of the molecule is O=C(CSc1nnc2[nH]c(=O)c3c(n12)CCCC3)c1ccc(Cl)cc1. The predicted molar refractivity (Wildman–Crippen MR) is 96.8 cm³/mol. The monoisotopic (exact) mass is 374 g/mol. The van der Waals surface area contributed by atoms with Crippen LogP contribution in [-0.4, -0.2) is 31.1 Å². The minimum absolute atomic E-state index is 0.00305. The third-order valence-electron chi connectivity index (χ3n) is 4.34. The van der Waals surface area contributed by atoms with Crippen LogP contribution in [0.5, 0.6) is 0 Å². The number of rotatable bonds is 4. The highest BCUT2D eigenvalue weighted by Gasteiger charge is 2.20. The molecule has 128 valence electrons. The number of fused-ring (bicyclic) bond motifs is 3. The number of hydrogen-bond donors (Lipinski definition) is 1. The van der Waals surface area contributed by atoms with E-state index in [4.69, 9.17) is 11.6 Å². The summed E-state index contributed by atoms with van der Waals surface area (Å²) in [4.78, 5) is 27.3. The smallest absolute Gasteiger partial charge is 0.255 e. The van der Waals surface area contributed by atoms with E-state index in [2.05, 4.69) is 15.2 Å². The Bertz CT molecular complexity index is 1010. The van der Waals surface area contributed by atoms with Crippen LogP contribution < -0.4 is 5.56 Å². The Morgan fingerprint density at radius 2 is 1.96 bits per heavy atom. The van der Waals surface area contributed by atoms with Crippen LogP contribution in [0.3, 0.4) is 0 Å². The maximum absolute atomic E-state index is 12.4. The average molecular weight is 375 g/mol. The van der Waals surface area contributed by atoms with E-state index in [-0.39, 0.29) is 17.1 Å². The van der Waals surface area contributed by atoms with Gasteiger partial charge in [-0.15, -0.1) is 10.2 Å². The molecule has 0 amide bonds. The first kappa shape index (κ1) is 16.4. The molecule has 1 N–H and O–H groups in total. The Labute approximate surface area is 152 Å². The lowest BCUT2D eigenvalue weighted by atomic mass is 9.97. The van der Waals surface area contributed by atoms with Crippen molar-refractivity contribution >= 4 is 34.9 Å². The molecule has 0 aliphatic heterocycles. The van der Waals surface area contributed by atoms with Gasteiger partial charge in [0, 0.05) is 21.8 Å². The van der Waals surface area contributed by atoms with Crippen LogP contribution in [0, 0.1) is 0 Å². The third kappa shape index (κ3) is 3.09. The summed E-state index contributed by atoms with van der Waals surface area (Å²) < 4.78 is 1.88.